The summed E-state index contributed by atoms with van der Waals surface area (Å²) in [6.45, 7) is 2.49. The van der Waals surface area contributed by atoms with Crippen molar-refractivity contribution in [2.75, 3.05) is 5.32 Å². The zero-order valence-electron chi connectivity index (χ0n) is 8.77. The van der Waals surface area contributed by atoms with E-state index in [1.807, 2.05) is 25.1 Å². The van der Waals surface area contributed by atoms with Crippen LogP contribution >= 0.6 is 11.6 Å². The monoisotopic (exact) mass is 238 g/mol. The van der Waals surface area contributed by atoms with Gasteiger partial charge in [0.15, 0.2) is 0 Å². The quantitative estimate of drug-likeness (QED) is 0.827. The molecule has 2 heterocycles. The van der Waals surface area contributed by atoms with Crippen LogP contribution in [0.25, 0.3) is 0 Å². The van der Waals surface area contributed by atoms with E-state index in [4.69, 9.17) is 16.0 Å². The molecular formula is C10H11ClN4O. The van der Waals surface area contributed by atoms with E-state index in [1.165, 1.54) is 0 Å². The first-order valence-electron chi connectivity index (χ1n) is 4.82. The molecule has 0 aliphatic heterocycles. The predicted molar refractivity (Wildman–Crippen MR) is 60.2 cm³/mol. The van der Waals surface area contributed by atoms with Gasteiger partial charge >= 0.3 is 6.01 Å². The fraction of sp³-hybridized carbons (Fsp3) is 0.300. The molecule has 6 heteroatoms. The van der Waals surface area contributed by atoms with Crippen LogP contribution in [0.15, 0.2) is 22.6 Å². The van der Waals surface area contributed by atoms with Gasteiger partial charge in [-0.3, -0.25) is 4.98 Å². The molecule has 0 radical (unpaired) electrons. The molecule has 0 amide bonds. The third-order valence-corrected chi connectivity index (χ3v) is 2.18. The van der Waals surface area contributed by atoms with Crippen molar-refractivity contribution in [3.05, 3.63) is 35.5 Å². The van der Waals surface area contributed by atoms with E-state index >= 15 is 0 Å². The van der Waals surface area contributed by atoms with Gasteiger partial charge in [0.25, 0.3) is 0 Å². The highest BCUT2D eigenvalue weighted by Gasteiger charge is 2.04. The Morgan fingerprint density at radius 3 is 2.94 bits per heavy atom. The first-order valence-corrected chi connectivity index (χ1v) is 5.36. The zero-order valence-corrected chi connectivity index (χ0v) is 9.53. The number of pyridine rings is 1. The molecule has 0 saturated carbocycles. The van der Waals surface area contributed by atoms with Crippen LogP contribution in [0.5, 0.6) is 0 Å². The number of aromatic nitrogens is 3. The first-order chi connectivity index (χ1) is 7.78. The maximum Gasteiger partial charge on any atom is 0.315 e. The Morgan fingerprint density at radius 1 is 1.38 bits per heavy atom. The Morgan fingerprint density at radius 2 is 2.25 bits per heavy atom. The largest absolute Gasteiger partial charge is 0.407 e. The Bertz CT molecular complexity index is 471. The summed E-state index contributed by atoms with van der Waals surface area (Å²) >= 11 is 5.54. The molecule has 0 spiro atoms. The molecule has 1 N–H and O–H groups in total. The Labute approximate surface area is 97.9 Å². The number of halogens is 1. The van der Waals surface area contributed by atoms with Gasteiger partial charge in [-0.1, -0.05) is 11.2 Å². The average molecular weight is 239 g/mol. The van der Waals surface area contributed by atoms with Crippen molar-refractivity contribution in [3.8, 4) is 0 Å². The molecule has 0 bridgehead atoms. The van der Waals surface area contributed by atoms with Gasteiger partial charge in [0.1, 0.15) is 5.88 Å². The molecular weight excluding hydrogens is 228 g/mol. The van der Waals surface area contributed by atoms with Gasteiger partial charge in [-0.25, -0.2) is 0 Å². The molecule has 5 nitrogen and oxygen atoms in total. The molecule has 0 aliphatic carbocycles. The summed E-state index contributed by atoms with van der Waals surface area (Å²) < 4.78 is 5.19. The number of aryl methyl sites for hydroxylation is 1. The first kappa shape index (κ1) is 10.9. The van der Waals surface area contributed by atoms with Crippen molar-refractivity contribution < 1.29 is 4.42 Å². The molecule has 84 valence electrons. The fourth-order valence-electron chi connectivity index (χ4n) is 1.24. The normalized spacial score (nSPS) is 10.4. The number of nitrogens with zero attached hydrogens (tertiary/aromatic N) is 3. The highest BCUT2D eigenvalue weighted by atomic mass is 35.5. The number of hydrogen-bond acceptors (Lipinski definition) is 5. The molecule has 0 aromatic carbocycles. The summed E-state index contributed by atoms with van der Waals surface area (Å²) in [5.74, 6) is 0.624. The number of nitrogens with one attached hydrogen (secondary N) is 1. The molecule has 0 fully saturated rings. The Kier molecular flexibility index (Phi) is 3.36. The number of alkyl halides is 1. The average Bonchev–Trinajstić information content (AvgIpc) is 2.74. The van der Waals surface area contributed by atoms with Crippen LogP contribution in [-0.2, 0) is 12.4 Å². The highest BCUT2D eigenvalue weighted by Crippen LogP contribution is 2.08. The van der Waals surface area contributed by atoms with E-state index in [1.54, 1.807) is 0 Å². The van der Waals surface area contributed by atoms with Crippen LogP contribution in [0, 0.1) is 6.92 Å². The van der Waals surface area contributed by atoms with Crippen molar-refractivity contribution in [1.29, 1.82) is 0 Å². The number of anilines is 1. The summed E-state index contributed by atoms with van der Waals surface area (Å²) in [6.07, 6.45) is 0. The number of rotatable bonds is 4. The smallest absolute Gasteiger partial charge is 0.315 e. The van der Waals surface area contributed by atoms with Gasteiger partial charge in [-0.15, -0.1) is 16.7 Å². The van der Waals surface area contributed by atoms with E-state index < -0.39 is 0 Å². The third kappa shape index (κ3) is 2.70. The van der Waals surface area contributed by atoms with E-state index in [0.29, 0.717) is 18.5 Å². The second-order valence-electron chi connectivity index (χ2n) is 3.26. The van der Waals surface area contributed by atoms with Gasteiger partial charge in [0.05, 0.1) is 12.2 Å². The molecule has 0 unspecified atom stereocenters. The van der Waals surface area contributed by atoms with Crippen LogP contribution in [0.1, 0.15) is 17.3 Å². The van der Waals surface area contributed by atoms with Crippen molar-refractivity contribution >= 4 is 17.6 Å². The van der Waals surface area contributed by atoms with Gasteiger partial charge < -0.3 is 9.73 Å². The zero-order chi connectivity index (χ0) is 11.4. The molecule has 0 saturated heterocycles. The van der Waals surface area contributed by atoms with E-state index in [0.717, 1.165) is 11.4 Å². The fourth-order valence-corrected chi connectivity index (χ4v) is 1.35. The lowest BCUT2D eigenvalue weighted by Gasteiger charge is -2.01. The van der Waals surface area contributed by atoms with Crippen LogP contribution in [-0.4, -0.2) is 15.2 Å². The van der Waals surface area contributed by atoms with E-state index in [-0.39, 0.29) is 5.88 Å². The summed E-state index contributed by atoms with van der Waals surface area (Å²) in [5, 5.41) is 10.5. The topological polar surface area (TPSA) is 63.8 Å². The molecule has 2 rings (SSSR count). The van der Waals surface area contributed by atoms with Crippen LogP contribution in [0.3, 0.4) is 0 Å². The van der Waals surface area contributed by atoms with Crippen LogP contribution in [0.2, 0.25) is 0 Å². The van der Waals surface area contributed by atoms with Gasteiger partial charge in [-0.05, 0) is 19.1 Å². The molecule has 2 aromatic heterocycles. The molecule has 2 aromatic rings. The lowest BCUT2D eigenvalue weighted by Crippen LogP contribution is -2.02. The van der Waals surface area contributed by atoms with Gasteiger partial charge in [0.2, 0.25) is 5.89 Å². The summed E-state index contributed by atoms with van der Waals surface area (Å²) in [7, 11) is 0. The van der Waals surface area contributed by atoms with Crippen molar-refractivity contribution in [2.24, 2.45) is 0 Å². The number of hydrogen-bond donors (Lipinski definition) is 1. The molecule has 16 heavy (non-hydrogen) atoms. The Balaban J connectivity index is 1.96. The lowest BCUT2D eigenvalue weighted by atomic mass is 10.3. The van der Waals surface area contributed by atoms with Crippen LogP contribution < -0.4 is 5.32 Å². The van der Waals surface area contributed by atoms with E-state index in [2.05, 4.69) is 20.5 Å². The van der Waals surface area contributed by atoms with Crippen molar-refractivity contribution in [2.45, 2.75) is 19.3 Å². The SMILES string of the molecule is Cc1cccc(CNc2nnc(CCl)o2)n1. The predicted octanol–water partition coefficient (Wildman–Crippen LogP) is 2.12. The second kappa shape index (κ2) is 4.94. The van der Waals surface area contributed by atoms with Crippen LogP contribution in [0.4, 0.5) is 6.01 Å². The van der Waals surface area contributed by atoms with Gasteiger partial charge in [0, 0.05) is 5.69 Å². The van der Waals surface area contributed by atoms with Crippen molar-refractivity contribution in [3.63, 3.8) is 0 Å². The summed E-state index contributed by atoms with van der Waals surface area (Å²) in [6, 6.07) is 6.19. The third-order valence-electron chi connectivity index (χ3n) is 1.95. The minimum absolute atomic E-state index is 0.220. The van der Waals surface area contributed by atoms with Crippen molar-refractivity contribution in [1.82, 2.24) is 15.2 Å². The minimum Gasteiger partial charge on any atom is -0.407 e. The summed E-state index contributed by atoms with van der Waals surface area (Å²) in [5.41, 5.74) is 1.90. The highest BCUT2D eigenvalue weighted by molar-refractivity contribution is 6.16. The Hall–Kier alpha value is -1.62. The molecule has 0 aliphatic rings. The summed E-state index contributed by atoms with van der Waals surface area (Å²) in [4.78, 5) is 4.34. The second-order valence-corrected chi connectivity index (χ2v) is 3.53. The van der Waals surface area contributed by atoms with Gasteiger partial charge in [-0.2, -0.15) is 0 Å². The standard InChI is InChI=1S/C10H11ClN4O/c1-7-3-2-4-8(13-7)6-12-10-15-14-9(5-11)16-10/h2-4H,5-6H2,1H3,(H,12,15). The lowest BCUT2D eigenvalue weighted by molar-refractivity contribution is 0.525. The molecule has 0 atom stereocenters. The maximum atomic E-state index is 5.54. The van der Waals surface area contributed by atoms with E-state index in [9.17, 15) is 0 Å². The maximum absolute atomic E-state index is 5.54. The minimum atomic E-state index is 0.220.